The summed E-state index contributed by atoms with van der Waals surface area (Å²) in [5.74, 6) is 1.47. The zero-order chi connectivity index (χ0) is 22.2. The topological polar surface area (TPSA) is 60.0 Å². The van der Waals surface area contributed by atoms with Gasteiger partial charge in [-0.3, -0.25) is 14.7 Å². The zero-order valence-electron chi connectivity index (χ0n) is 20.2. The number of hydrogen-bond donors (Lipinski definition) is 2. The lowest BCUT2D eigenvalue weighted by atomic mass is 10.1. The van der Waals surface area contributed by atoms with E-state index in [1.807, 2.05) is 7.05 Å². The Labute approximate surface area is 217 Å². The molecule has 6 nitrogen and oxygen atoms in total. The van der Waals surface area contributed by atoms with Gasteiger partial charge in [0.1, 0.15) is 0 Å². The summed E-state index contributed by atoms with van der Waals surface area (Å²) in [5, 5.41) is 7.07. The third kappa shape index (κ3) is 7.57. The first-order valence-electron chi connectivity index (χ1n) is 12.8. The Balaban J connectivity index is 0.00000306. The second-order valence-electron chi connectivity index (χ2n) is 9.78. The van der Waals surface area contributed by atoms with Crippen LogP contribution in [0.2, 0.25) is 0 Å². The number of rotatable bonds is 6. The maximum atomic E-state index is 12.7. The molecule has 1 aromatic rings. The van der Waals surface area contributed by atoms with E-state index in [4.69, 9.17) is 0 Å². The summed E-state index contributed by atoms with van der Waals surface area (Å²) in [6.45, 7) is 5.88. The van der Waals surface area contributed by atoms with Gasteiger partial charge in [0, 0.05) is 45.2 Å². The molecule has 184 valence electrons. The maximum absolute atomic E-state index is 12.7. The van der Waals surface area contributed by atoms with Crippen molar-refractivity contribution in [3.8, 4) is 0 Å². The van der Waals surface area contributed by atoms with Gasteiger partial charge >= 0.3 is 0 Å². The van der Waals surface area contributed by atoms with E-state index in [1.54, 1.807) is 0 Å². The SMILES string of the molecule is CN=C(NCc1ccccc1CN1CCCCCC1)NC1CCN(C(=O)C2CCCC2)C1.I. The molecule has 0 spiro atoms. The van der Waals surface area contributed by atoms with Gasteiger partial charge in [0.2, 0.25) is 5.91 Å². The number of hydrogen-bond acceptors (Lipinski definition) is 3. The molecular formula is C26H42IN5O. The summed E-state index contributed by atoms with van der Waals surface area (Å²) in [4.78, 5) is 21.9. The average Bonchev–Trinajstić information content (AvgIpc) is 3.46. The molecule has 0 aromatic heterocycles. The van der Waals surface area contributed by atoms with E-state index in [9.17, 15) is 4.79 Å². The predicted molar refractivity (Wildman–Crippen MR) is 146 cm³/mol. The van der Waals surface area contributed by atoms with E-state index in [0.717, 1.165) is 51.4 Å². The van der Waals surface area contributed by atoms with Crippen molar-refractivity contribution in [1.82, 2.24) is 20.4 Å². The van der Waals surface area contributed by atoms with E-state index >= 15 is 0 Å². The molecule has 1 atom stereocenters. The number of aliphatic imine (C=N–C) groups is 1. The average molecular weight is 568 g/mol. The fraction of sp³-hybridized carbons (Fsp3) is 0.692. The van der Waals surface area contributed by atoms with Crippen LogP contribution in [0, 0.1) is 5.92 Å². The molecule has 0 radical (unpaired) electrons. The van der Waals surface area contributed by atoms with Crippen molar-refractivity contribution in [3.05, 3.63) is 35.4 Å². The van der Waals surface area contributed by atoms with Gasteiger partial charge in [-0.25, -0.2) is 0 Å². The van der Waals surface area contributed by atoms with Crippen LogP contribution in [-0.4, -0.2) is 60.9 Å². The molecule has 3 aliphatic rings. The Morgan fingerprint density at radius 1 is 0.970 bits per heavy atom. The maximum Gasteiger partial charge on any atom is 0.225 e. The fourth-order valence-electron chi connectivity index (χ4n) is 5.50. The first kappa shape index (κ1) is 26.3. The van der Waals surface area contributed by atoms with E-state index in [2.05, 4.69) is 49.7 Å². The van der Waals surface area contributed by atoms with Crippen LogP contribution < -0.4 is 10.6 Å². The first-order valence-corrected chi connectivity index (χ1v) is 12.8. The summed E-state index contributed by atoms with van der Waals surface area (Å²) in [5.41, 5.74) is 2.75. The van der Waals surface area contributed by atoms with Gasteiger partial charge in [-0.15, -0.1) is 24.0 Å². The number of nitrogens with one attached hydrogen (secondary N) is 2. The second-order valence-corrected chi connectivity index (χ2v) is 9.78. The molecule has 3 fully saturated rings. The molecule has 2 N–H and O–H groups in total. The summed E-state index contributed by atoms with van der Waals surface area (Å²) >= 11 is 0. The Bertz CT molecular complexity index is 772. The van der Waals surface area contributed by atoms with Crippen LogP contribution in [0.5, 0.6) is 0 Å². The summed E-state index contributed by atoms with van der Waals surface area (Å²) < 4.78 is 0. The third-order valence-corrected chi connectivity index (χ3v) is 7.43. The van der Waals surface area contributed by atoms with Crippen molar-refractivity contribution >= 4 is 35.8 Å². The number of guanidine groups is 1. The highest BCUT2D eigenvalue weighted by atomic mass is 127. The molecule has 1 unspecified atom stereocenters. The molecule has 0 bridgehead atoms. The van der Waals surface area contributed by atoms with Gasteiger partial charge in [-0.1, -0.05) is 49.9 Å². The lowest BCUT2D eigenvalue weighted by Crippen LogP contribution is -2.45. The largest absolute Gasteiger partial charge is 0.352 e. The summed E-state index contributed by atoms with van der Waals surface area (Å²) in [6, 6.07) is 9.05. The van der Waals surface area contributed by atoms with E-state index < -0.39 is 0 Å². The Morgan fingerprint density at radius 3 is 2.36 bits per heavy atom. The zero-order valence-corrected chi connectivity index (χ0v) is 22.6. The highest BCUT2D eigenvalue weighted by Crippen LogP contribution is 2.27. The standard InChI is InChI=1S/C26H41N5O.HI/c1-27-26(29-24-14-17-31(20-24)25(32)21-10-4-5-11-21)28-18-22-12-6-7-13-23(22)19-30-15-8-2-3-9-16-30;/h6-7,12-13,21,24H,2-5,8-11,14-20H2,1H3,(H2,27,28,29);1H. The predicted octanol–water partition coefficient (Wildman–Crippen LogP) is 4.14. The number of carbonyl (C=O) groups is 1. The van der Waals surface area contributed by atoms with Crippen LogP contribution in [0.1, 0.15) is 68.9 Å². The van der Waals surface area contributed by atoms with Crippen LogP contribution >= 0.6 is 24.0 Å². The second kappa shape index (κ2) is 13.5. The smallest absolute Gasteiger partial charge is 0.225 e. The highest BCUT2D eigenvalue weighted by Gasteiger charge is 2.32. The minimum Gasteiger partial charge on any atom is -0.352 e. The number of carbonyl (C=O) groups excluding carboxylic acids is 1. The molecule has 2 aliphatic heterocycles. The van der Waals surface area contributed by atoms with E-state index in [-0.39, 0.29) is 35.9 Å². The Kier molecular flexibility index (Phi) is 10.8. The lowest BCUT2D eigenvalue weighted by molar-refractivity contribution is -0.134. The van der Waals surface area contributed by atoms with Crippen LogP contribution in [0.4, 0.5) is 0 Å². The molecular weight excluding hydrogens is 525 g/mol. The third-order valence-electron chi connectivity index (χ3n) is 7.43. The molecule has 1 amide bonds. The van der Waals surface area contributed by atoms with Crippen LogP contribution in [0.15, 0.2) is 29.3 Å². The normalized spacial score (nSPS) is 22.6. The van der Waals surface area contributed by atoms with Crippen molar-refractivity contribution in [2.24, 2.45) is 10.9 Å². The van der Waals surface area contributed by atoms with Crippen molar-refractivity contribution < 1.29 is 4.79 Å². The molecule has 33 heavy (non-hydrogen) atoms. The number of nitrogens with zero attached hydrogens (tertiary/aromatic N) is 3. The molecule has 1 aliphatic carbocycles. The van der Waals surface area contributed by atoms with Gasteiger partial charge in [-0.05, 0) is 56.3 Å². The van der Waals surface area contributed by atoms with Gasteiger partial charge in [0.15, 0.2) is 5.96 Å². The molecule has 2 heterocycles. The van der Waals surface area contributed by atoms with Gasteiger partial charge in [0.25, 0.3) is 0 Å². The molecule has 7 heteroatoms. The molecule has 1 aromatic carbocycles. The van der Waals surface area contributed by atoms with Crippen molar-refractivity contribution in [2.45, 2.75) is 76.9 Å². The number of halogens is 1. The summed E-state index contributed by atoms with van der Waals surface area (Å²) in [7, 11) is 1.83. The summed E-state index contributed by atoms with van der Waals surface area (Å²) in [6.07, 6.45) is 10.9. The van der Waals surface area contributed by atoms with Crippen molar-refractivity contribution in [1.29, 1.82) is 0 Å². The minimum atomic E-state index is 0. The quantitative estimate of drug-likeness (QED) is 0.309. The van der Waals surface area contributed by atoms with Gasteiger partial charge in [0.05, 0.1) is 0 Å². The minimum absolute atomic E-state index is 0. The van der Waals surface area contributed by atoms with E-state index in [0.29, 0.717) is 5.91 Å². The lowest BCUT2D eigenvalue weighted by Gasteiger charge is -2.23. The van der Waals surface area contributed by atoms with Crippen LogP contribution in [0.3, 0.4) is 0 Å². The number of benzene rings is 1. The highest BCUT2D eigenvalue weighted by molar-refractivity contribution is 14.0. The Morgan fingerprint density at radius 2 is 1.67 bits per heavy atom. The first-order chi connectivity index (χ1) is 15.7. The van der Waals surface area contributed by atoms with Gasteiger partial charge < -0.3 is 15.5 Å². The van der Waals surface area contributed by atoms with E-state index in [1.165, 1.54) is 62.7 Å². The van der Waals surface area contributed by atoms with Crippen molar-refractivity contribution in [3.63, 3.8) is 0 Å². The van der Waals surface area contributed by atoms with Gasteiger partial charge in [-0.2, -0.15) is 0 Å². The molecule has 4 rings (SSSR count). The molecule has 1 saturated carbocycles. The van der Waals surface area contributed by atoms with Crippen molar-refractivity contribution in [2.75, 3.05) is 33.2 Å². The number of amides is 1. The fourth-order valence-corrected chi connectivity index (χ4v) is 5.50. The van der Waals surface area contributed by atoms with Crippen LogP contribution in [0.25, 0.3) is 0 Å². The van der Waals surface area contributed by atoms with Crippen LogP contribution in [-0.2, 0) is 17.9 Å². The molecule has 2 saturated heterocycles. The monoisotopic (exact) mass is 567 g/mol. The number of likely N-dealkylation sites (tertiary alicyclic amines) is 2. The Hall–Kier alpha value is -1.35.